The summed E-state index contributed by atoms with van der Waals surface area (Å²) in [5.74, 6) is 1.87. The third-order valence-corrected chi connectivity index (χ3v) is 6.41. The van der Waals surface area contributed by atoms with E-state index in [1.807, 2.05) is 28.8 Å². The fraction of sp³-hybridized carbons (Fsp3) is 0.231. The van der Waals surface area contributed by atoms with E-state index < -0.39 is 0 Å². The van der Waals surface area contributed by atoms with E-state index in [1.54, 1.807) is 13.2 Å². The molecule has 0 fully saturated rings. The van der Waals surface area contributed by atoms with Crippen LogP contribution < -0.4 is 4.74 Å². The molecule has 0 aliphatic rings. The van der Waals surface area contributed by atoms with E-state index in [0.717, 1.165) is 38.0 Å². The molecule has 1 N–H and O–H groups in total. The van der Waals surface area contributed by atoms with Gasteiger partial charge in [0.1, 0.15) is 22.6 Å². The van der Waals surface area contributed by atoms with Gasteiger partial charge in [-0.15, -0.1) is 0 Å². The molecule has 6 heteroatoms. The third kappa shape index (κ3) is 3.90. The highest BCUT2D eigenvalue weighted by Gasteiger charge is 2.22. The quantitative estimate of drug-likeness (QED) is 0.353. The summed E-state index contributed by atoms with van der Waals surface area (Å²) in [5, 5.41) is 19.1. The largest absolute Gasteiger partial charge is 0.494 e. The number of fused-ring (bicyclic) bond motifs is 1. The lowest BCUT2D eigenvalue weighted by molar-refractivity contribution is 0.278. The van der Waals surface area contributed by atoms with Gasteiger partial charge in [-0.05, 0) is 51.2 Å². The van der Waals surface area contributed by atoms with E-state index in [-0.39, 0.29) is 6.61 Å². The van der Waals surface area contributed by atoms with Crippen LogP contribution in [0.15, 0.2) is 59.1 Å². The first-order chi connectivity index (χ1) is 15.5. The minimum Gasteiger partial charge on any atom is -0.494 e. The lowest BCUT2D eigenvalue weighted by atomic mass is 10.0. The molecule has 0 saturated heterocycles. The Kier molecular flexibility index (Phi) is 6.31. The second-order valence-corrected chi connectivity index (χ2v) is 8.71. The average Bonchev–Trinajstić information content (AvgIpc) is 3.20. The van der Waals surface area contributed by atoms with Gasteiger partial charge in [0, 0.05) is 17.7 Å². The summed E-state index contributed by atoms with van der Waals surface area (Å²) in [4.78, 5) is 4.97. The number of nitrogens with zero attached hydrogens (tertiary/aromatic N) is 3. The summed E-state index contributed by atoms with van der Waals surface area (Å²) >= 11 is 3.75. The average molecular weight is 490 g/mol. The van der Waals surface area contributed by atoms with Crippen LogP contribution in [0.25, 0.3) is 33.5 Å². The number of halogens is 1. The molecule has 0 aliphatic carbocycles. The van der Waals surface area contributed by atoms with E-state index >= 15 is 0 Å². The first-order valence-electron chi connectivity index (χ1n) is 10.5. The van der Waals surface area contributed by atoms with Gasteiger partial charge in [0.15, 0.2) is 0 Å². The van der Waals surface area contributed by atoms with Gasteiger partial charge in [0.05, 0.1) is 29.8 Å². The minimum atomic E-state index is -0.0186. The van der Waals surface area contributed by atoms with E-state index in [1.165, 1.54) is 5.56 Å². The first kappa shape index (κ1) is 22.1. The Hall–Kier alpha value is -3.14. The second kappa shape index (κ2) is 9.15. The van der Waals surface area contributed by atoms with Crippen LogP contribution in [0.5, 0.6) is 5.75 Å². The Balaban J connectivity index is 1.98. The number of imidazole rings is 1. The fourth-order valence-electron chi connectivity index (χ4n) is 3.92. The molecule has 3 aromatic carbocycles. The van der Waals surface area contributed by atoms with Crippen LogP contribution in [0, 0.1) is 11.3 Å². The number of hydrogen-bond donors (Lipinski definition) is 1. The lowest BCUT2D eigenvalue weighted by Gasteiger charge is -2.13. The molecule has 0 aliphatic heterocycles. The Morgan fingerprint density at radius 3 is 2.50 bits per heavy atom. The molecule has 1 aromatic heterocycles. The highest BCUT2D eigenvalue weighted by Crippen LogP contribution is 2.42. The Bertz CT molecular complexity index is 1320. The van der Waals surface area contributed by atoms with Crippen molar-refractivity contribution in [3.05, 3.63) is 70.2 Å². The molecular formula is C26H24BrN3O2. The second-order valence-electron chi connectivity index (χ2n) is 7.92. The van der Waals surface area contributed by atoms with Gasteiger partial charge in [0.2, 0.25) is 0 Å². The Morgan fingerprint density at radius 2 is 1.88 bits per heavy atom. The number of nitriles is 1. The minimum absolute atomic E-state index is 0.0186. The number of aliphatic hydroxyl groups is 1. The number of hydrogen-bond acceptors (Lipinski definition) is 4. The summed E-state index contributed by atoms with van der Waals surface area (Å²) in [5.41, 5.74) is 6.18. The fourth-order valence-corrected chi connectivity index (χ4v) is 4.54. The van der Waals surface area contributed by atoms with Gasteiger partial charge in [-0.2, -0.15) is 5.26 Å². The molecule has 4 aromatic rings. The maximum atomic E-state index is 9.78. The normalized spacial score (nSPS) is 11.2. The van der Waals surface area contributed by atoms with Gasteiger partial charge in [-0.1, -0.05) is 50.2 Å². The van der Waals surface area contributed by atoms with Crippen molar-refractivity contribution < 1.29 is 9.84 Å². The highest BCUT2D eigenvalue weighted by atomic mass is 79.9. The molecule has 0 bridgehead atoms. The molecule has 0 spiro atoms. The zero-order chi connectivity index (χ0) is 22.8. The van der Waals surface area contributed by atoms with Crippen LogP contribution in [0.3, 0.4) is 0 Å². The first-order valence-corrected chi connectivity index (χ1v) is 11.3. The molecule has 0 saturated carbocycles. The lowest BCUT2D eigenvalue weighted by Crippen LogP contribution is -2.05. The summed E-state index contributed by atoms with van der Waals surface area (Å²) in [6.45, 7) is 4.71. The monoisotopic (exact) mass is 489 g/mol. The summed E-state index contributed by atoms with van der Waals surface area (Å²) in [6.07, 6.45) is 0. The third-order valence-electron chi connectivity index (χ3n) is 5.60. The number of methoxy groups -OCH3 is 1. The number of aliphatic hydroxyl groups excluding tert-OH is 1. The van der Waals surface area contributed by atoms with E-state index in [9.17, 15) is 10.4 Å². The molecule has 0 unspecified atom stereocenters. The van der Waals surface area contributed by atoms with Crippen molar-refractivity contribution in [3.8, 4) is 34.3 Å². The van der Waals surface area contributed by atoms with E-state index in [2.05, 4.69) is 60.1 Å². The van der Waals surface area contributed by atoms with Crippen molar-refractivity contribution in [2.45, 2.75) is 26.3 Å². The number of benzene rings is 3. The molecule has 5 nitrogen and oxygen atoms in total. The van der Waals surface area contributed by atoms with Crippen LogP contribution in [-0.2, 0) is 6.54 Å². The molecule has 32 heavy (non-hydrogen) atoms. The molecule has 1 heterocycles. The van der Waals surface area contributed by atoms with Crippen LogP contribution >= 0.6 is 15.9 Å². The molecule has 4 rings (SSSR count). The van der Waals surface area contributed by atoms with Crippen LogP contribution in [0.4, 0.5) is 0 Å². The summed E-state index contributed by atoms with van der Waals surface area (Å²) < 4.78 is 8.58. The Morgan fingerprint density at radius 1 is 1.12 bits per heavy atom. The van der Waals surface area contributed by atoms with Crippen molar-refractivity contribution in [3.63, 3.8) is 0 Å². The highest BCUT2D eigenvalue weighted by molar-refractivity contribution is 9.10. The van der Waals surface area contributed by atoms with Gasteiger partial charge >= 0.3 is 0 Å². The van der Waals surface area contributed by atoms with Crippen LogP contribution in [0.2, 0.25) is 0 Å². The van der Waals surface area contributed by atoms with Gasteiger partial charge < -0.3 is 14.4 Å². The molecular weight excluding hydrogens is 466 g/mol. The molecule has 0 atom stereocenters. The molecule has 0 radical (unpaired) electrons. The van der Waals surface area contributed by atoms with Crippen molar-refractivity contribution in [1.29, 1.82) is 5.26 Å². The van der Waals surface area contributed by atoms with Crippen LogP contribution in [0.1, 0.15) is 30.9 Å². The summed E-state index contributed by atoms with van der Waals surface area (Å²) in [7, 11) is 1.63. The van der Waals surface area contributed by atoms with Crippen molar-refractivity contribution >= 4 is 27.0 Å². The number of ether oxygens (including phenoxy) is 1. The number of rotatable bonds is 6. The standard InChI is InChI=1S/C26H24BrN3O2/c1-16(2)18-7-9-19(10-8-18)26-29-24-23(27)21(20-6-4-5-17(13-20)15-28)14-22(32-3)25(24)30(26)11-12-31/h4-10,13-14,16,31H,11-12H2,1-3H3. The zero-order valence-corrected chi connectivity index (χ0v) is 19.8. The maximum Gasteiger partial charge on any atom is 0.145 e. The van der Waals surface area contributed by atoms with Gasteiger partial charge in [-0.25, -0.2) is 4.98 Å². The van der Waals surface area contributed by atoms with E-state index in [0.29, 0.717) is 23.8 Å². The molecule has 0 amide bonds. The van der Waals surface area contributed by atoms with Crippen molar-refractivity contribution in [1.82, 2.24) is 9.55 Å². The maximum absolute atomic E-state index is 9.78. The van der Waals surface area contributed by atoms with Gasteiger partial charge in [0.25, 0.3) is 0 Å². The van der Waals surface area contributed by atoms with E-state index in [4.69, 9.17) is 9.72 Å². The topological polar surface area (TPSA) is 71.1 Å². The predicted molar refractivity (Wildman–Crippen MR) is 131 cm³/mol. The number of aromatic nitrogens is 2. The molecule has 162 valence electrons. The summed E-state index contributed by atoms with van der Waals surface area (Å²) in [6, 6.07) is 20.0. The van der Waals surface area contributed by atoms with Gasteiger partial charge in [-0.3, -0.25) is 0 Å². The predicted octanol–water partition coefficient (Wildman–Crippen LogP) is 6.13. The Labute approximate surface area is 196 Å². The smallest absolute Gasteiger partial charge is 0.145 e. The van der Waals surface area contributed by atoms with Crippen molar-refractivity contribution in [2.24, 2.45) is 0 Å². The van der Waals surface area contributed by atoms with Crippen LogP contribution in [-0.4, -0.2) is 28.4 Å². The van der Waals surface area contributed by atoms with Crippen molar-refractivity contribution in [2.75, 3.05) is 13.7 Å². The zero-order valence-electron chi connectivity index (χ0n) is 18.3. The SMILES string of the molecule is COc1cc(-c2cccc(C#N)c2)c(Br)c2nc(-c3ccc(C(C)C)cc3)n(CCO)c12.